The molecule has 0 bridgehead atoms. The number of aromatic nitrogens is 2. The van der Waals surface area contributed by atoms with Gasteiger partial charge in [-0.15, -0.1) is 0 Å². The third kappa shape index (κ3) is 6.59. The van der Waals surface area contributed by atoms with Crippen molar-refractivity contribution in [3.8, 4) is 0 Å². The molecule has 5 rings (SSSR count). The number of nitrogens with zero attached hydrogens (tertiary/aromatic N) is 4. The lowest BCUT2D eigenvalue weighted by Gasteiger charge is -2.41. The van der Waals surface area contributed by atoms with Crippen LogP contribution in [0.1, 0.15) is 49.4 Å². The molecule has 1 aromatic heterocycles. The first kappa shape index (κ1) is 27.1. The number of carbonyl (C=O) groups is 1. The normalized spacial score (nSPS) is 16.6. The van der Waals surface area contributed by atoms with Crippen LogP contribution in [-0.4, -0.2) is 59.5 Å². The minimum Gasteiger partial charge on any atom is -0.371 e. The van der Waals surface area contributed by atoms with Crippen LogP contribution in [-0.2, 0) is 0 Å². The van der Waals surface area contributed by atoms with E-state index < -0.39 is 0 Å². The van der Waals surface area contributed by atoms with Crippen LogP contribution in [0.3, 0.4) is 0 Å². The maximum Gasteiger partial charge on any atom is 0.253 e. The molecule has 0 saturated carbocycles. The second kappa shape index (κ2) is 12.6. The van der Waals surface area contributed by atoms with Crippen molar-refractivity contribution in [1.82, 2.24) is 20.2 Å². The molecule has 0 atom stereocenters. The highest BCUT2D eigenvalue weighted by Crippen LogP contribution is 2.30. The van der Waals surface area contributed by atoms with Gasteiger partial charge in [0.15, 0.2) is 5.82 Å². The summed E-state index contributed by atoms with van der Waals surface area (Å²) in [4.78, 5) is 26.0. The van der Waals surface area contributed by atoms with Crippen LogP contribution >= 0.6 is 11.6 Å². The van der Waals surface area contributed by atoms with Crippen LogP contribution < -0.4 is 20.9 Å². The smallest absolute Gasteiger partial charge is 0.253 e. The predicted molar refractivity (Wildman–Crippen MR) is 155 cm³/mol. The Morgan fingerprint density at radius 1 is 1.03 bits per heavy atom. The van der Waals surface area contributed by atoms with Gasteiger partial charge in [-0.3, -0.25) is 4.79 Å². The Morgan fingerprint density at radius 3 is 2.54 bits per heavy atom. The molecule has 3 aromatic rings. The Bertz CT molecular complexity index is 1290. The number of anilines is 5. The molecule has 2 aromatic carbocycles. The van der Waals surface area contributed by atoms with Crippen molar-refractivity contribution in [2.75, 3.05) is 48.3 Å². The van der Waals surface area contributed by atoms with E-state index in [1.54, 1.807) is 30.3 Å². The fraction of sp³-hybridized carbons (Fsp3) is 0.414. The topological polar surface area (TPSA) is 85.4 Å². The number of para-hydroxylation sites is 1. The Morgan fingerprint density at radius 2 is 1.79 bits per heavy atom. The summed E-state index contributed by atoms with van der Waals surface area (Å²) in [7, 11) is 0. The van der Waals surface area contributed by atoms with E-state index in [9.17, 15) is 4.79 Å². The van der Waals surface area contributed by atoms with Crippen LogP contribution in [0.15, 0.2) is 48.7 Å². The summed E-state index contributed by atoms with van der Waals surface area (Å²) in [6, 6.07) is 13.0. The van der Waals surface area contributed by atoms with Gasteiger partial charge in [-0.05, 0) is 76.0 Å². The van der Waals surface area contributed by atoms with Gasteiger partial charge in [-0.2, -0.15) is 4.98 Å². The molecule has 1 amide bonds. The minimum atomic E-state index is -0.375. The summed E-state index contributed by atoms with van der Waals surface area (Å²) < 4.78 is 15.2. The SMILES string of the molecule is CCNC(=O)c1ccccc1Nc1nc(Nc2ccc(N3CCC(N4CCCCC4)CC3)cc2F)ncc1Cl. The van der Waals surface area contributed by atoms with Gasteiger partial charge in [0.2, 0.25) is 5.95 Å². The Balaban J connectivity index is 1.25. The zero-order valence-electron chi connectivity index (χ0n) is 22.2. The second-order valence-electron chi connectivity index (χ2n) is 10.0. The summed E-state index contributed by atoms with van der Waals surface area (Å²) in [6.07, 6.45) is 7.61. The average Bonchev–Trinajstić information content (AvgIpc) is 2.97. The van der Waals surface area contributed by atoms with Gasteiger partial charge in [-0.1, -0.05) is 30.2 Å². The van der Waals surface area contributed by atoms with Crippen LogP contribution in [0.25, 0.3) is 0 Å². The molecule has 10 heteroatoms. The molecule has 3 heterocycles. The molecule has 2 aliphatic rings. The zero-order chi connectivity index (χ0) is 27.2. The van der Waals surface area contributed by atoms with E-state index in [-0.39, 0.29) is 28.4 Å². The highest BCUT2D eigenvalue weighted by atomic mass is 35.5. The van der Waals surface area contributed by atoms with Gasteiger partial charge in [0.05, 0.1) is 23.1 Å². The van der Waals surface area contributed by atoms with E-state index in [0.717, 1.165) is 31.6 Å². The summed E-state index contributed by atoms with van der Waals surface area (Å²) in [5.41, 5.74) is 2.18. The molecule has 3 N–H and O–H groups in total. The average molecular weight is 552 g/mol. The molecular formula is C29H35ClFN7O. The molecule has 39 heavy (non-hydrogen) atoms. The predicted octanol–water partition coefficient (Wildman–Crippen LogP) is 5.96. The monoisotopic (exact) mass is 551 g/mol. The van der Waals surface area contributed by atoms with Gasteiger partial charge in [0.25, 0.3) is 5.91 Å². The molecule has 0 aliphatic carbocycles. The van der Waals surface area contributed by atoms with Crippen LogP contribution in [0.5, 0.6) is 0 Å². The minimum absolute atomic E-state index is 0.186. The van der Waals surface area contributed by atoms with E-state index in [0.29, 0.717) is 29.7 Å². The van der Waals surface area contributed by atoms with Gasteiger partial charge >= 0.3 is 0 Å². The molecule has 2 aliphatic heterocycles. The number of amides is 1. The van der Waals surface area contributed by atoms with E-state index in [2.05, 4.69) is 35.7 Å². The maximum atomic E-state index is 15.2. The highest BCUT2D eigenvalue weighted by Gasteiger charge is 2.26. The van der Waals surface area contributed by atoms with E-state index in [1.807, 2.05) is 19.1 Å². The van der Waals surface area contributed by atoms with Gasteiger partial charge in [-0.25, -0.2) is 9.37 Å². The number of nitrogens with one attached hydrogen (secondary N) is 3. The first-order chi connectivity index (χ1) is 19.0. The third-order valence-corrected chi connectivity index (χ3v) is 7.72. The number of hydrogen-bond donors (Lipinski definition) is 3. The number of halogens is 2. The fourth-order valence-electron chi connectivity index (χ4n) is 5.38. The quantitative estimate of drug-likeness (QED) is 0.318. The van der Waals surface area contributed by atoms with Crippen molar-refractivity contribution in [3.63, 3.8) is 0 Å². The molecule has 206 valence electrons. The van der Waals surface area contributed by atoms with Crippen LogP contribution in [0, 0.1) is 5.82 Å². The summed E-state index contributed by atoms with van der Waals surface area (Å²) in [5.74, 6) is -0.0896. The Kier molecular flexibility index (Phi) is 8.78. The van der Waals surface area contributed by atoms with Crippen molar-refractivity contribution in [2.24, 2.45) is 0 Å². The van der Waals surface area contributed by atoms with Crippen molar-refractivity contribution in [2.45, 2.75) is 45.1 Å². The molecule has 0 unspecified atom stereocenters. The lowest BCUT2D eigenvalue weighted by atomic mass is 9.99. The summed E-state index contributed by atoms with van der Waals surface area (Å²) in [6.45, 7) is 6.66. The second-order valence-corrected chi connectivity index (χ2v) is 10.4. The van der Waals surface area contributed by atoms with Gasteiger partial charge in [0, 0.05) is 31.4 Å². The first-order valence-electron chi connectivity index (χ1n) is 13.7. The molecule has 0 radical (unpaired) electrons. The lowest BCUT2D eigenvalue weighted by Crippen LogP contribution is -2.46. The molecule has 2 fully saturated rings. The van der Waals surface area contributed by atoms with Gasteiger partial charge in [0.1, 0.15) is 10.8 Å². The van der Waals surface area contributed by atoms with Crippen LogP contribution in [0.2, 0.25) is 5.02 Å². The number of hydrogen-bond acceptors (Lipinski definition) is 7. The van der Waals surface area contributed by atoms with E-state index >= 15 is 4.39 Å². The molecule has 0 spiro atoms. The number of carbonyl (C=O) groups excluding carboxylic acids is 1. The van der Waals surface area contributed by atoms with Crippen molar-refractivity contribution < 1.29 is 9.18 Å². The molecule has 2 saturated heterocycles. The number of rotatable bonds is 8. The number of piperidine rings is 2. The van der Waals surface area contributed by atoms with Crippen LogP contribution in [0.4, 0.5) is 33.2 Å². The largest absolute Gasteiger partial charge is 0.371 e. The Hall–Kier alpha value is -3.43. The molecular weight excluding hydrogens is 517 g/mol. The van der Waals surface area contributed by atoms with Crippen molar-refractivity contribution in [3.05, 3.63) is 65.1 Å². The number of likely N-dealkylation sites (tertiary alicyclic amines) is 1. The highest BCUT2D eigenvalue weighted by molar-refractivity contribution is 6.33. The Labute approximate surface area is 234 Å². The standard InChI is InChI=1S/C29H35ClFN7O/c1-2-32-28(39)22-8-4-5-9-25(22)34-27-23(30)19-33-29(36-27)35-26-11-10-21(18-24(26)31)38-16-12-20(13-17-38)37-14-6-3-7-15-37/h4-5,8-11,18-20H,2-3,6-7,12-17H2,1H3,(H,32,39)(H2,33,34,35,36). The summed E-state index contributed by atoms with van der Waals surface area (Å²) in [5, 5.41) is 9.14. The fourth-order valence-corrected chi connectivity index (χ4v) is 5.52. The van der Waals surface area contributed by atoms with Crippen molar-refractivity contribution >= 4 is 46.3 Å². The molecule has 8 nitrogen and oxygen atoms in total. The lowest BCUT2D eigenvalue weighted by molar-refractivity contribution is 0.0956. The van der Waals surface area contributed by atoms with Gasteiger partial charge < -0.3 is 25.8 Å². The van der Waals surface area contributed by atoms with Crippen molar-refractivity contribution in [1.29, 1.82) is 0 Å². The third-order valence-electron chi connectivity index (χ3n) is 7.44. The first-order valence-corrected chi connectivity index (χ1v) is 14.1. The maximum absolute atomic E-state index is 15.2. The number of benzene rings is 2. The van der Waals surface area contributed by atoms with E-state index in [1.165, 1.54) is 38.5 Å². The zero-order valence-corrected chi connectivity index (χ0v) is 23.0. The summed E-state index contributed by atoms with van der Waals surface area (Å²) >= 11 is 6.34. The van der Waals surface area contributed by atoms with E-state index in [4.69, 9.17) is 11.6 Å².